The van der Waals surface area contributed by atoms with E-state index in [-0.39, 0.29) is 11.8 Å². The van der Waals surface area contributed by atoms with E-state index in [0.717, 1.165) is 11.1 Å². The second-order valence-corrected chi connectivity index (χ2v) is 7.03. The smallest absolute Gasteiger partial charge is 0.289 e. The Morgan fingerprint density at radius 3 is 2.59 bits per heavy atom. The Labute approximate surface area is 168 Å². The summed E-state index contributed by atoms with van der Waals surface area (Å²) in [6.07, 6.45) is 2.17. The van der Waals surface area contributed by atoms with Crippen LogP contribution in [0.1, 0.15) is 28.4 Å². The van der Waals surface area contributed by atoms with Gasteiger partial charge in [0.1, 0.15) is 0 Å². The largest absolute Gasteiger partial charge is 0.459 e. The van der Waals surface area contributed by atoms with Gasteiger partial charge in [0, 0.05) is 44.6 Å². The first-order chi connectivity index (χ1) is 14.1. The van der Waals surface area contributed by atoms with Gasteiger partial charge < -0.3 is 18.7 Å². The van der Waals surface area contributed by atoms with Crippen molar-refractivity contribution in [1.29, 1.82) is 0 Å². The fourth-order valence-corrected chi connectivity index (χ4v) is 3.34. The van der Waals surface area contributed by atoms with Crippen LogP contribution < -0.4 is 0 Å². The van der Waals surface area contributed by atoms with E-state index in [1.807, 2.05) is 31.2 Å². The molecule has 8 nitrogen and oxygen atoms in total. The SMILES string of the molecule is Cc1cccc(-c2noc(CCC(=O)N3CCN(C(=O)c4ccco4)CC3)n2)c1. The van der Waals surface area contributed by atoms with Crippen molar-refractivity contribution in [2.45, 2.75) is 19.8 Å². The Balaban J connectivity index is 1.27. The average molecular weight is 394 g/mol. The molecule has 0 radical (unpaired) electrons. The first-order valence-corrected chi connectivity index (χ1v) is 9.60. The highest BCUT2D eigenvalue weighted by Gasteiger charge is 2.26. The summed E-state index contributed by atoms with van der Waals surface area (Å²) in [4.78, 5) is 32.7. The van der Waals surface area contributed by atoms with Gasteiger partial charge in [0.2, 0.25) is 17.6 Å². The molecule has 2 amide bonds. The minimum atomic E-state index is -0.142. The molecule has 150 valence electrons. The molecule has 0 atom stereocenters. The molecule has 0 spiro atoms. The molecule has 29 heavy (non-hydrogen) atoms. The van der Waals surface area contributed by atoms with Crippen LogP contribution in [-0.4, -0.2) is 57.9 Å². The lowest BCUT2D eigenvalue weighted by molar-refractivity contribution is -0.132. The highest BCUT2D eigenvalue weighted by atomic mass is 16.5. The molecule has 1 aromatic carbocycles. The average Bonchev–Trinajstić information content (AvgIpc) is 3.44. The number of hydrogen-bond acceptors (Lipinski definition) is 6. The van der Waals surface area contributed by atoms with Crippen LogP contribution in [0.15, 0.2) is 51.6 Å². The summed E-state index contributed by atoms with van der Waals surface area (Å²) in [6, 6.07) is 11.2. The standard InChI is InChI=1S/C21H22N4O4/c1-15-4-2-5-16(14-15)20-22-18(29-23-20)7-8-19(26)24-9-11-25(12-10-24)21(27)17-6-3-13-28-17/h2-6,13-14H,7-12H2,1H3. The molecule has 1 saturated heterocycles. The molecule has 0 aliphatic carbocycles. The van der Waals surface area contributed by atoms with E-state index >= 15 is 0 Å². The molecule has 1 aliphatic heterocycles. The molecular formula is C21H22N4O4. The van der Waals surface area contributed by atoms with Crippen LogP contribution in [0.25, 0.3) is 11.4 Å². The van der Waals surface area contributed by atoms with Crippen molar-refractivity contribution in [2.75, 3.05) is 26.2 Å². The number of benzene rings is 1. The molecule has 4 rings (SSSR count). The third kappa shape index (κ3) is 4.37. The third-order valence-electron chi connectivity index (χ3n) is 4.95. The Kier molecular flexibility index (Phi) is 5.41. The highest BCUT2D eigenvalue weighted by Crippen LogP contribution is 2.18. The van der Waals surface area contributed by atoms with Crippen LogP contribution in [0.5, 0.6) is 0 Å². The zero-order valence-electron chi connectivity index (χ0n) is 16.2. The van der Waals surface area contributed by atoms with Gasteiger partial charge in [-0.25, -0.2) is 0 Å². The molecule has 0 bridgehead atoms. The van der Waals surface area contributed by atoms with Crippen LogP contribution in [-0.2, 0) is 11.2 Å². The van der Waals surface area contributed by atoms with Crippen molar-refractivity contribution in [3.63, 3.8) is 0 Å². The number of rotatable bonds is 5. The normalized spacial score (nSPS) is 14.2. The third-order valence-corrected chi connectivity index (χ3v) is 4.95. The topological polar surface area (TPSA) is 92.7 Å². The minimum absolute atomic E-state index is 0.0189. The van der Waals surface area contributed by atoms with Crippen LogP contribution in [0, 0.1) is 6.92 Å². The quantitative estimate of drug-likeness (QED) is 0.660. The van der Waals surface area contributed by atoms with E-state index in [0.29, 0.717) is 56.5 Å². The van der Waals surface area contributed by atoms with Gasteiger partial charge in [0.05, 0.1) is 6.26 Å². The van der Waals surface area contributed by atoms with Gasteiger partial charge in [0.15, 0.2) is 5.76 Å². The second-order valence-electron chi connectivity index (χ2n) is 7.03. The van der Waals surface area contributed by atoms with Gasteiger partial charge in [0.25, 0.3) is 5.91 Å². The van der Waals surface area contributed by atoms with Gasteiger partial charge in [-0.3, -0.25) is 9.59 Å². The van der Waals surface area contributed by atoms with Gasteiger partial charge in [-0.05, 0) is 25.1 Å². The maximum Gasteiger partial charge on any atom is 0.289 e. The Hall–Kier alpha value is -3.42. The Bertz CT molecular complexity index is 988. The van der Waals surface area contributed by atoms with Crippen molar-refractivity contribution in [3.8, 4) is 11.4 Å². The molecular weight excluding hydrogens is 372 g/mol. The first-order valence-electron chi connectivity index (χ1n) is 9.60. The summed E-state index contributed by atoms with van der Waals surface area (Å²) < 4.78 is 10.4. The van der Waals surface area contributed by atoms with E-state index in [2.05, 4.69) is 10.1 Å². The van der Waals surface area contributed by atoms with Gasteiger partial charge >= 0.3 is 0 Å². The second kappa shape index (κ2) is 8.30. The molecule has 2 aromatic heterocycles. The van der Waals surface area contributed by atoms with E-state index in [4.69, 9.17) is 8.94 Å². The summed E-state index contributed by atoms with van der Waals surface area (Å²) in [6.45, 7) is 3.99. The summed E-state index contributed by atoms with van der Waals surface area (Å²) in [5.41, 5.74) is 2.01. The summed E-state index contributed by atoms with van der Waals surface area (Å²) in [5.74, 6) is 1.18. The van der Waals surface area contributed by atoms with E-state index < -0.39 is 0 Å². The molecule has 0 saturated carbocycles. The monoisotopic (exact) mass is 394 g/mol. The van der Waals surface area contributed by atoms with Crippen LogP contribution in [0.2, 0.25) is 0 Å². The van der Waals surface area contributed by atoms with Crippen LogP contribution in [0.4, 0.5) is 0 Å². The number of amides is 2. The number of piperazine rings is 1. The van der Waals surface area contributed by atoms with Gasteiger partial charge in [-0.1, -0.05) is 28.9 Å². The lowest BCUT2D eigenvalue weighted by atomic mass is 10.1. The molecule has 3 heterocycles. The lowest BCUT2D eigenvalue weighted by Crippen LogP contribution is -2.50. The Morgan fingerprint density at radius 2 is 1.86 bits per heavy atom. The highest BCUT2D eigenvalue weighted by molar-refractivity contribution is 5.91. The number of aromatic nitrogens is 2. The summed E-state index contributed by atoms with van der Waals surface area (Å²) >= 11 is 0. The number of nitrogens with zero attached hydrogens (tertiary/aromatic N) is 4. The zero-order valence-corrected chi connectivity index (χ0v) is 16.2. The molecule has 3 aromatic rings. The van der Waals surface area contributed by atoms with E-state index in [1.165, 1.54) is 6.26 Å². The molecule has 1 fully saturated rings. The van der Waals surface area contributed by atoms with Crippen LogP contribution >= 0.6 is 0 Å². The fraction of sp³-hybridized carbons (Fsp3) is 0.333. The van der Waals surface area contributed by atoms with Crippen LogP contribution in [0.3, 0.4) is 0 Å². The van der Waals surface area contributed by atoms with E-state index in [9.17, 15) is 9.59 Å². The Morgan fingerprint density at radius 1 is 1.07 bits per heavy atom. The fourth-order valence-electron chi connectivity index (χ4n) is 3.34. The number of hydrogen-bond donors (Lipinski definition) is 0. The van der Waals surface area contributed by atoms with Gasteiger partial charge in [-0.15, -0.1) is 0 Å². The van der Waals surface area contributed by atoms with Crippen molar-refractivity contribution in [3.05, 3.63) is 59.9 Å². The summed E-state index contributed by atoms with van der Waals surface area (Å²) in [7, 11) is 0. The summed E-state index contributed by atoms with van der Waals surface area (Å²) in [5, 5.41) is 4.01. The van der Waals surface area contributed by atoms with Crippen molar-refractivity contribution in [2.24, 2.45) is 0 Å². The minimum Gasteiger partial charge on any atom is -0.459 e. The van der Waals surface area contributed by atoms with Crippen molar-refractivity contribution < 1.29 is 18.5 Å². The molecule has 0 N–H and O–H groups in total. The molecule has 0 unspecified atom stereocenters. The predicted molar refractivity (Wildman–Crippen MR) is 104 cm³/mol. The van der Waals surface area contributed by atoms with Crippen molar-refractivity contribution in [1.82, 2.24) is 19.9 Å². The number of aryl methyl sites for hydroxylation is 2. The first kappa shape index (κ1) is 18.9. The maximum atomic E-state index is 12.5. The number of carbonyl (C=O) groups is 2. The molecule has 1 aliphatic rings. The number of furan rings is 1. The molecule has 8 heteroatoms. The predicted octanol–water partition coefficient (Wildman–Crippen LogP) is 2.56. The number of carbonyl (C=O) groups excluding carboxylic acids is 2. The zero-order chi connectivity index (χ0) is 20.2. The van der Waals surface area contributed by atoms with E-state index in [1.54, 1.807) is 21.9 Å². The maximum absolute atomic E-state index is 12.5. The van der Waals surface area contributed by atoms with Crippen molar-refractivity contribution >= 4 is 11.8 Å². The van der Waals surface area contributed by atoms with Gasteiger partial charge in [-0.2, -0.15) is 4.98 Å². The lowest BCUT2D eigenvalue weighted by Gasteiger charge is -2.34.